The Labute approximate surface area is 135 Å². The van der Waals surface area contributed by atoms with Crippen LogP contribution in [0.4, 0.5) is 5.95 Å². The number of H-pyrrole nitrogens is 1. The number of aliphatic hydroxyl groups is 1. The summed E-state index contributed by atoms with van der Waals surface area (Å²) < 4.78 is 13.7. The highest BCUT2D eigenvalue weighted by Gasteiger charge is 2.55. The van der Waals surface area contributed by atoms with E-state index in [1.807, 2.05) is 13.8 Å². The molecular weight excluding hydrogens is 322 g/mol. The number of thioether (sulfide) groups is 1. The molecule has 2 aromatic heterocycles. The molecule has 2 fully saturated rings. The Morgan fingerprint density at radius 2 is 2.22 bits per heavy atom. The minimum Gasteiger partial charge on any atom is -0.395 e. The molecule has 2 aliphatic heterocycles. The van der Waals surface area contributed by atoms with Gasteiger partial charge in [-0.1, -0.05) is 0 Å². The zero-order chi connectivity index (χ0) is 16.4. The van der Waals surface area contributed by atoms with Crippen LogP contribution in [0.1, 0.15) is 19.2 Å². The van der Waals surface area contributed by atoms with E-state index in [1.165, 1.54) is 11.8 Å². The van der Waals surface area contributed by atoms with Gasteiger partial charge in [0.15, 0.2) is 17.0 Å². The van der Waals surface area contributed by atoms with Crippen molar-refractivity contribution >= 4 is 28.9 Å². The predicted molar refractivity (Wildman–Crippen MR) is 83.9 cm³/mol. The summed E-state index contributed by atoms with van der Waals surface area (Å²) in [5, 5.41) is 9.30. The monoisotopic (exact) mass is 339 g/mol. The van der Waals surface area contributed by atoms with Gasteiger partial charge in [0, 0.05) is 0 Å². The van der Waals surface area contributed by atoms with Crippen molar-refractivity contribution in [3.05, 3.63) is 16.7 Å². The van der Waals surface area contributed by atoms with Crippen LogP contribution in [0.5, 0.6) is 0 Å². The van der Waals surface area contributed by atoms with E-state index in [4.69, 9.17) is 15.2 Å². The normalized spacial score (nSPS) is 32.5. The Balaban J connectivity index is 1.80. The number of nitrogens with zero attached hydrogens (tertiary/aromatic N) is 3. The fraction of sp³-hybridized carbons (Fsp3) is 0.615. The van der Waals surface area contributed by atoms with E-state index >= 15 is 0 Å². The van der Waals surface area contributed by atoms with Gasteiger partial charge in [-0.15, -0.1) is 11.8 Å². The summed E-state index contributed by atoms with van der Waals surface area (Å²) in [7, 11) is 0. The second kappa shape index (κ2) is 4.94. The molecule has 2 aliphatic rings. The fourth-order valence-electron chi connectivity index (χ4n) is 3.16. The number of nitrogens with two attached hydrogens (primary N) is 1. The first-order valence-corrected chi connectivity index (χ1v) is 8.18. The maximum absolute atomic E-state index is 11.9. The number of aromatic amines is 1. The lowest BCUT2D eigenvalue weighted by molar-refractivity contribution is -0.149. The maximum Gasteiger partial charge on any atom is 0.280 e. The third-order valence-corrected chi connectivity index (χ3v) is 5.57. The topological polar surface area (TPSA) is 128 Å². The van der Waals surface area contributed by atoms with Gasteiger partial charge in [-0.3, -0.25) is 14.3 Å². The van der Waals surface area contributed by atoms with Crippen molar-refractivity contribution in [3.8, 4) is 0 Å². The van der Waals surface area contributed by atoms with Gasteiger partial charge in [0.1, 0.15) is 17.6 Å². The number of aliphatic hydroxyl groups excluding tert-OH is 1. The van der Waals surface area contributed by atoms with Crippen molar-refractivity contribution in [1.29, 1.82) is 0 Å². The number of anilines is 1. The first kappa shape index (κ1) is 14.9. The van der Waals surface area contributed by atoms with Crippen LogP contribution in [0.2, 0.25) is 0 Å². The van der Waals surface area contributed by atoms with Crippen LogP contribution in [0.3, 0.4) is 0 Å². The Kier molecular flexibility index (Phi) is 3.21. The molecule has 124 valence electrons. The molecule has 0 bridgehead atoms. The number of fused-ring (bicyclic) bond motifs is 2. The summed E-state index contributed by atoms with van der Waals surface area (Å²) in [5.41, 5.74) is 5.88. The van der Waals surface area contributed by atoms with Gasteiger partial charge in [-0.05, 0) is 13.8 Å². The molecule has 2 saturated heterocycles. The van der Waals surface area contributed by atoms with E-state index in [1.54, 1.807) is 10.9 Å². The molecule has 0 saturated carbocycles. The zero-order valence-electron chi connectivity index (χ0n) is 12.6. The average Bonchev–Trinajstić information content (AvgIpc) is 3.09. The first-order chi connectivity index (χ1) is 10.9. The Morgan fingerprint density at radius 1 is 1.48 bits per heavy atom. The Morgan fingerprint density at radius 3 is 2.96 bits per heavy atom. The number of ether oxygens (including phenoxy) is 2. The lowest BCUT2D eigenvalue weighted by Gasteiger charge is -2.23. The van der Waals surface area contributed by atoms with Crippen LogP contribution in [0, 0.1) is 0 Å². The van der Waals surface area contributed by atoms with Crippen LogP contribution in [-0.4, -0.2) is 54.5 Å². The van der Waals surface area contributed by atoms with Gasteiger partial charge in [0.25, 0.3) is 5.56 Å². The SMILES string of the molecule is CC1(C)O[C@@H]2[C@H](O1)[C@@H](CO)S[C@H]2n1cnc2c(=O)[nH]c(N)nc21. The number of nitrogens with one attached hydrogen (secondary N) is 1. The highest BCUT2D eigenvalue weighted by molar-refractivity contribution is 8.00. The first-order valence-electron chi connectivity index (χ1n) is 7.24. The predicted octanol–water partition coefficient (Wildman–Crippen LogP) is -0.172. The molecule has 23 heavy (non-hydrogen) atoms. The van der Waals surface area contributed by atoms with Gasteiger partial charge in [0.05, 0.1) is 18.2 Å². The fourth-order valence-corrected chi connectivity index (χ4v) is 4.62. The highest BCUT2D eigenvalue weighted by atomic mass is 32.2. The molecule has 0 aliphatic carbocycles. The molecule has 2 aromatic rings. The zero-order valence-corrected chi connectivity index (χ0v) is 13.4. The molecule has 0 aromatic carbocycles. The van der Waals surface area contributed by atoms with Crippen LogP contribution < -0.4 is 11.3 Å². The molecule has 4 rings (SSSR count). The van der Waals surface area contributed by atoms with Gasteiger partial charge < -0.3 is 20.3 Å². The van der Waals surface area contributed by atoms with Crippen LogP contribution in [0.25, 0.3) is 11.2 Å². The molecule has 9 nitrogen and oxygen atoms in total. The van der Waals surface area contributed by atoms with E-state index in [0.29, 0.717) is 5.65 Å². The molecule has 0 unspecified atom stereocenters. The lowest BCUT2D eigenvalue weighted by atomic mass is 10.1. The van der Waals surface area contributed by atoms with E-state index in [2.05, 4.69) is 15.0 Å². The summed E-state index contributed by atoms with van der Waals surface area (Å²) in [5.74, 6) is -0.686. The number of hydrogen-bond donors (Lipinski definition) is 3. The molecule has 0 radical (unpaired) electrons. The number of rotatable bonds is 2. The number of aromatic nitrogens is 4. The van der Waals surface area contributed by atoms with Gasteiger partial charge in [-0.2, -0.15) is 4.98 Å². The van der Waals surface area contributed by atoms with Crippen LogP contribution in [-0.2, 0) is 9.47 Å². The summed E-state index contributed by atoms with van der Waals surface area (Å²) in [4.78, 5) is 22.7. The van der Waals surface area contributed by atoms with Crippen molar-refractivity contribution in [3.63, 3.8) is 0 Å². The minimum atomic E-state index is -0.720. The van der Waals surface area contributed by atoms with E-state index in [9.17, 15) is 9.90 Å². The van der Waals surface area contributed by atoms with E-state index in [-0.39, 0.29) is 46.5 Å². The average molecular weight is 339 g/mol. The largest absolute Gasteiger partial charge is 0.395 e. The summed E-state index contributed by atoms with van der Waals surface area (Å²) in [6, 6.07) is 0. The van der Waals surface area contributed by atoms with Crippen molar-refractivity contribution in [2.24, 2.45) is 0 Å². The second-order valence-corrected chi connectivity index (χ2v) is 7.45. The Hall–Kier alpha value is -1.62. The molecule has 4 heterocycles. The standard InChI is InChI=1S/C13H17N5O4S/c1-13(2)21-7-5(3-19)23-11(8(7)22-13)18-4-15-6-9(18)16-12(14)17-10(6)20/h4-5,7-8,11,19H,3H2,1-2H3,(H3,14,16,17,20)/t5-,7-,8-,11-/m1/s1. The molecule has 4 atom stereocenters. The third kappa shape index (κ3) is 2.24. The molecular formula is C13H17N5O4S. The van der Waals surface area contributed by atoms with E-state index in [0.717, 1.165) is 0 Å². The lowest BCUT2D eigenvalue weighted by Crippen LogP contribution is -2.30. The van der Waals surface area contributed by atoms with Crippen LogP contribution >= 0.6 is 11.8 Å². The third-order valence-electron chi connectivity index (χ3n) is 4.03. The number of hydrogen-bond acceptors (Lipinski definition) is 8. The Bertz CT molecular complexity index is 818. The molecule has 0 amide bonds. The highest BCUT2D eigenvalue weighted by Crippen LogP contribution is 2.51. The summed E-state index contributed by atoms with van der Waals surface area (Å²) in [6.07, 6.45) is 1.05. The quantitative estimate of drug-likeness (QED) is 0.688. The van der Waals surface area contributed by atoms with E-state index < -0.39 is 5.79 Å². The van der Waals surface area contributed by atoms with Crippen molar-refractivity contribution in [2.75, 3.05) is 12.3 Å². The van der Waals surface area contributed by atoms with Crippen molar-refractivity contribution in [1.82, 2.24) is 19.5 Å². The molecule has 10 heteroatoms. The smallest absolute Gasteiger partial charge is 0.280 e. The maximum atomic E-state index is 11.9. The minimum absolute atomic E-state index is 0.0233. The number of nitrogen functional groups attached to an aromatic ring is 1. The second-order valence-electron chi connectivity index (χ2n) is 6.09. The van der Waals surface area contributed by atoms with Crippen molar-refractivity contribution < 1.29 is 14.6 Å². The van der Waals surface area contributed by atoms with Crippen LogP contribution in [0.15, 0.2) is 11.1 Å². The molecule has 0 spiro atoms. The summed E-state index contributed by atoms with van der Waals surface area (Å²) in [6.45, 7) is 3.66. The molecule has 4 N–H and O–H groups in total. The van der Waals surface area contributed by atoms with Crippen molar-refractivity contribution in [2.45, 2.75) is 42.5 Å². The van der Waals surface area contributed by atoms with Gasteiger partial charge >= 0.3 is 0 Å². The van der Waals surface area contributed by atoms with Gasteiger partial charge in [-0.25, -0.2) is 4.98 Å². The summed E-state index contributed by atoms with van der Waals surface area (Å²) >= 11 is 1.52. The van der Waals surface area contributed by atoms with Gasteiger partial charge in [0.2, 0.25) is 5.95 Å². The number of imidazole rings is 1.